The predicted molar refractivity (Wildman–Crippen MR) is 72.4 cm³/mol. The van der Waals surface area contributed by atoms with Crippen LogP contribution in [0.3, 0.4) is 0 Å². The molecule has 0 bridgehead atoms. The van der Waals surface area contributed by atoms with Crippen LogP contribution in [0.15, 0.2) is 24.3 Å². The minimum Gasteiger partial charge on any atom is -0.462 e. The normalized spacial score (nSPS) is 10.6. The highest BCUT2D eigenvalue weighted by Crippen LogP contribution is 2.31. The zero-order valence-electron chi connectivity index (χ0n) is 11.8. The smallest absolute Gasteiger partial charge is 0.338 e. The summed E-state index contributed by atoms with van der Waals surface area (Å²) in [5.41, 5.74) is -1.45. The van der Waals surface area contributed by atoms with Gasteiger partial charge in [-0.15, -0.1) is 0 Å². The second-order valence-electron chi connectivity index (χ2n) is 4.55. The van der Waals surface area contributed by atoms with E-state index < -0.39 is 40.4 Å². The van der Waals surface area contributed by atoms with Crippen molar-refractivity contribution in [3.63, 3.8) is 0 Å². The quantitative estimate of drug-likeness (QED) is 0.477. The van der Waals surface area contributed by atoms with Crippen LogP contribution in [-0.4, -0.2) is 12.6 Å². The van der Waals surface area contributed by atoms with Crippen molar-refractivity contribution in [2.24, 2.45) is 0 Å². The van der Waals surface area contributed by atoms with Crippen LogP contribution in [0.2, 0.25) is 0 Å². The van der Waals surface area contributed by atoms with Crippen molar-refractivity contribution < 1.29 is 27.1 Å². The van der Waals surface area contributed by atoms with E-state index in [-0.39, 0.29) is 17.7 Å². The van der Waals surface area contributed by atoms with Crippen molar-refractivity contribution in [1.82, 2.24) is 0 Å². The highest BCUT2D eigenvalue weighted by atomic mass is 19.2. The summed E-state index contributed by atoms with van der Waals surface area (Å²) < 4.78 is 59.7. The maximum atomic E-state index is 13.9. The Bertz CT molecular complexity index is 695. The summed E-state index contributed by atoms with van der Waals surface area (Å²) in [7, 11) is 0. The number of halogens is 4. The van der Waals surface area contributed by atoms with Crippen LogP contribution in [-0.2, 0) is 4.74 Å². The molecule has 0 spiro atoms. The third-order valence-electron chi connectivity index (χ3n) is 3.17. The molecule has 0 aliphatic carbocycles. The Balaban J connectivity index is 2.52. The molecule has 0 aliphatic rings. The summed E-state index contributed by atoms with van der Waals surface area (Å²) in [5, 5.41) is 0. The number of hydrogen-bond acceptors (Lipinski definition) is 2. The monoisotopic (exact) mass is 312 g/mol. The Morgan fingerprint density at radius 3 is 1.91 bits per heavy atom. The first kappa shape index (κ1) is 16.0. The number of carbonyl (C=O) groups is 1. The fraction of sp³-hybridized carbons (Fsp3) is 0.188. The van der Waals surface area contributed by atoms with Crippen LogP contribution in [0.25, 0.3) is 11.1 Å². The Morgan fingerprint density at radius 2 is 1.45 bits per heavy atom. The lowest BCUT2D eigenvalue weighted by atomic mass is 10.00. The molecule has 0 aliphatic heterocycles. The molecule has 0 unspecified atom stereocenters. The molecule has 2 aromatic rings. The van der Waals surface area contributed by atoms with E-state index in [1.54, 1.807) is 6.92 Å². The zero-order valence-corrected chi connectivity index (χ0v) is 11.8. The number of ether oxygens (including phenoxy) is 1. The maximum Gasteiger partial charge on any atom is 0.338 e. The first-order valence-corrected chi connectivity index (χ1v) is 6.48. The van der Waals surface area contributed by atoms with Crippen molar-refractivity contribution in [2.75, 3.05) is 6.61 Å². The molecule has 0 fully saturated rings. The van der Waals surface area contributed by atoms with Gasteiger partial charge in [-0.3, -0.25) is 0 Å². The summed E-state index contributed by atoms with van der Waals surface area (Å²) in [6.45, 7) is 2.76. The van der Waals surface area contributed by atoms with Gasteiger partial charge in [-0.2, -0.15) is 0 Å². The fourth-order valence-corrected chi connectivity index (χ4v) is 1.98. The average molecular weight is 312 g/mol. The minimum atomic E-state index is -1.47. The van der Waals surface area contributed by atoms with Gasteiger partial charge < -0.3 is 4.74 Å². The van der Waals surface area contributed by atoms with Gasteiger partial charge in [0.15, 0.2) is 23.3 Å². The van der Waals surface area contributed by atoms with Gasteiger partial charge in [0.2, 0.25) is 0 Å². The van der Waals surface area contributed by atoms with Crippen LogP contribution in [0.1, 0.15) is 22.8 Å². The maximum absolute atomic E-state index is 13.9. The molecule has 0 heterocycles. The topological polar surface area (TPSA) is 26.3 Å². The lowest BCUT2D eigenvalue weighted by Gasteiger charge is -2.10. The van der Waals surface area contributed by atoms with E-state index in [1.165, 1.54) is 24.3 Å². The van der Waals surface area contributed by atoms with Crippen LogP contribution in [0, 0.1) is 30.2 Å². The number of carbonyl (C=O) groups excluding carboxylic acids is 1. The Labute approximate surface area is 124 Å². The van der Waals surface area contributed by atoms with Crippen molar-refractivity contribution in [1.29, 1.82) is 0 Å². The van der Waals surface area contributed by atoms with E-state index in [4.69, 9.17) is 4.74 Å². The highest BCUT2D eigenvalue weighted by Gasteiger charge is 2.24. The first-order valence-electron chi connectivity index (χ1n) is 6.48. The largest absolute Gasteiger partial charge is 0.462 e. The average Bonchev–Trinajstić information content (AvgIpc) is 2.52. The van der Waals surface area contributed by atoms with E-state index in [0.717, 1.165) is 6.92 Å². The van der Waals surface area contributed by atoms with Crippen molar-refractivity contribution in [3.05, 3.63) is 58.7 Å². The van der Waals surface area contributed by atoms with Crippen molar-refractivity contribution in [2.45, 2.75) is 13.8 Å². The minimum absolute atomic E-state index is 0.0825. The lowest BCUT2D eigenvalue weighted by Crippen LogP contribution is -2.05. The molecule has 0 N–H and O–H groups in total. The second kappa shape index (κ2) is 6.17. The standard InChI is InChI=1S/C16H12F4O2/c1-3-22-16(21)10-6-4-9(5-7-10)11-14(19)12(17)8(2)13(18)15(11)20/h4-7H,3H2,1-2H3. The van der Waals surface area contributed by atoms with Gasteiger partial charge in [-0.05, 0) is 31.5 Å². The molecule has 2 rings (SSSR count). The third-order valence-corrected chi connectivity index (χ3v) is 3.17. The zero-order chi connectivity index (χ0) is 16.4. The number of hydrogen-bond donors (Lipinski definition) is 0. The Morgan fingerprint density at radius 1 is 0.955 bits per heavy atom. The molecule has 6 heteroatoms. The number of esters is 1. The molecule has 0 aromatic heterocycles. The molecule has 2 aromatic carbocycles. The first-order chi connectivity index (χ1) is 10.4. The second-order valence-corrected chi connectivity index (χ2v) is 4.55. The third kappa shape index (κ3) is 2.68. The number of rotatable bonds is 3. The van der Waals surface area contributed by atoms with Gasteiger partial charge in [0.25, 0.3) is 0 Å². The molecule has 2 nitrogen and oxygen atoms in total. The van der Waals surface area contributed by atoms with E-state index in [9.17, 15) is 22.4 Å². The van der Waals surface area contributed by atoms with E-state index >= 15 is 0 Å². The molecular formula is C16H12F4O2. The summed E-state index contributed by atoms with van der Waals surface area (Å²) in [6, 6.07) is 4.92. The summed E-state index contributed by atoms with van der Waals surface area (Å²) in [6.07, 6.45) is 0. The van der Waals surface area contributed by atoms with Crippen LogP contribution < -0.4 is 0 Å². The molecule has 0 saturated carbocycles. The van der Waals surface area contributed by atoms with Crippen LogP contribution in [0.5, 0.6) is 0 Å². The van der Waals surface area contributed by atoms with E-state index in [1.807, 2.05) is 0 Å². The highest BCUT2D eigenvalue weighted by molar-refractivity contribution is 5.90. The van der Waals surface area contributed by atoms with Gasteiger partial charge in [0, 0.05) is 5.56 Å². The van der Waals surface area contributed by atoms with Crippen molar-refractivity contribution in [3.8, 4) is 11.1 Å². The van der Waals surface area contributed by atoms with Crippen molar-refractivity contribution >= 4 is 5.97 Å². The molecule has 22 heavy (non-hydrogen) atoms. The van der Waals surface area contributed by atoms with Gasteiger partial charge in [-0.1, -0.05) is 12.1 Å². The number of benzene rings is 2. The summed E-state index contributed by atoms with van der Waals surface area (Å²) >= 11 is 0. The van der Waals surface area contributed by atoms with Crippen LogP contribution in [0.4, 0.5) is 17.6 Å². The molecule has 0 radical (unpaired) electrons. The summed E-state index contributed by atoms with van der Waals surface area (Å²) in [4.78, 5) is 11.5. The van der Waals surface area contributed by atoms with Gasteiger partial charge >= 0.3 is 5.97 Å². The van der Waals surface area contributed by atoms with Crippen LogP contribution >= 0.6 is 0 Å². The molecule has 0 atom stereocenters. The van der Waals surface area contributed by atoms with E-state index in [2.05, 4.69) is 0 Å². The molecular weight excluding hydrogens is 300 g/mol. The summed E-state index contributed by atoms with van der Waals surface area (Å²) in [5.74, 6) is -6.43. The van der Waals surface area contributed by atoms with Gasteiger partial charge in [0.05, 0.1) is 17.7 Å². The Kier molecular flexibility index (Phi) is 4.49. The Hall–Kier alpha value is -2.37. The predicted octanol–water partition coefficient (Wildman–Crippen LogP) is 4.40. The van der Waals surface area contributed by atoms with Gasteiger partial charge in [-0.25, -0.2) is 22.4 Å². The van der Waals surface area contributed by atoms with E-state index in [0.29, 0.717) is 0 Å². The lowest BCUT2D eigenvalue weighted by molar-refractivity contribution is 0.0526. The molecule has 0 amide bonds. The fourth-order valence-electron chi connectivity index (χ4n) is 1.98. The molecule has 116 valence electrons. The molecule has 0 saturated heterocycles. The SMILES string of the molecule is CCOC(=O)c1ccc(-c2c(F)c(F)c(C)c(F)c2F)cc1. The van der Waals surface area contributed by atoms with Gasteiger partial charge in [0.1, 0.15) is 0 Å².